The van der Waals surface area contributed by atoms with Crippen LogP contribution in [0.2, 0.25) is 0 Å². The van der Waals surface area contributed by atoms with Gasteiger partial charge in [0, 0.05) is 18.8 Å². The fourth-order valence-electron chi connectivity index (χ4n) is 2.62. The van der Waals surface area contributed by atoms with Crippen molar-refractivity contribution in [1.29, 1.82) is 0 Å². The number of nitrogens with zero attached hydrogens (tertiary/aromatic N) is 1. The van der Waals surface area contributed by atoms with Gasteiger partial charge in [0.05, 0.1) is 12.6 Å². The topological polar surface area (TPSA) is 49.5 Å². The van der Waals surface area contributed by atoms with Crippen LogP contribution < -0.4 is 10.6 Å². The molecule has 0 amide bonds. The van der Waals surface area contributed by atoms with E-state index in [0.717, 1.165) is 18.7 Å². The first-order valence-electron chi connectivity index (χ1n) is 6.88. The number of aliphatic hydroxyl groups excluding tert-OH is 1. The minimum absolute atomic E-state index is 0.000591. The van der Waals surface area contributed by atoms with Crippen molar-refractivity contribution < 1.29 is 5.11 Å². The lowest BCUT2D eigenvalue weighted by atomic mass is 9.95. The summed E-state index contributed by atoms with van der Waals surface area (Å²) in [5, 5.41) is 9.16. The molecule has 0 aromatic heterocycles. The van der Waals surface area contributed by atoms with E-state index < -0.39 is 0 Å². The lowest BCUT2D eigenvalue weighted by Crippen LogP contribution is -2.21. The summed E-state index contributed by atoms with van der Waals surface area (Å²) < 4.78 is 0. The first-order valence-corrected chi connectivity index (χ1v) is 6.88. The molecule has 0 radical (unpaired) electrons. The van der Waals surface area contributed by atoms with Crippen molar-refractivity contribution in [1.82, 2.24) is 0 Å². The average molecular weight is 248 g/mol. The van der Waals surface area contributed by atoms with Crippen LogP contribution in [0.15, 0.2) is 18.2 Å². The van der Waals surface area contributed by atoms with Crippen LogP contribution in [0.1, 0.15) is 49.8 Å². The molecular formula is C15H24N2O. The summed E-state index contributed by atoms with van der Waals surface area (Å²) in [4.78, 5) is 2.46. The van der Waals surface area contributed by atoms with E-state index in [9.17, 15) is 0 Å². The summed E-state index contributed by atoms with van der Waals surface area (Å²) >= 11 is 0. The molecular weight excluding hydrogens is 224 g/mol. The van der Waals surface area contributed by atoms with Gasteiger partial charge in [0.15, 0.2) is 0 Å². The fourth-order valence-corrected chi connectivity index (χ4v) is 2.62. The normalized spacial score (nSPS) is 17.5. The Bertz CT molecular complexity index is 397. The molecule has 0 saturated carbocycles. The van der Waals surface area contributed by atoms with E-state index >= 15 is 0 Å². The lowest BCUT2D eigenvalue weighted by molar-refractivity contribution is 0.268. The quantitative estimate of drug-likeness (QED) is 0.860. The summed E-state index contributed by atoms with van der Waals surface area (Å²) in [6, 6.07) is 6.13. The van der Waals surface area contributed by atoms with Crippen LogP contribution in [-0.2, 0) is 0 Å². The Morgan fingerprint density at radius 1 is 1.28 bits per heavy atom. The SMILES string of the molecule is CC(C)c1cc([C@H](N)CO)ccc1N1CCCC1. The van der Waals surface area contributed by atoms with Crippen molar-refractivity contribution in [3.05, 3.63) is 29.3 Å². The van der Waals surface area contributed by atoms with Gasteiger partial charge >= 0.3 is 0 Å². The number of hydrogen-bond acceptors (Lipinski definition) is 3. The van der Waals surface area contributed by atoms with E-state index in [1.165, 1.54) is 24.1 Å². The first kappa shape index (κ1) is 13.4. The highest BCUT2D eigenvalue weighted by Crippen LogP contribution is 2.32. The average Bonchev–Trinajstić information content (AvgIpc) is 2.90. The van der Waals surface area contributed by atoms with Crippen LogP contribution in [0, 0.1) is 0 Å². The molecule has 0 bridgehead atoms. The molecule has 0 spiro atoms. The van der Waals surface area contributed by atoms with Crippen LogP contribution >= 0.6 is 0 Å². The molecule has 1 aliphatic heterocycles. The second-order valence-electron chi connectivity index (χ2n) is 5.46. The number of aliphatic hydroxyl groups is 1. The van der Waals surface area contributed by atoms with Gasteiger partial charge in [0.25, 0.3) is 0 Å². The summed E-state index contributed by atoms with van der Waals surface area (Å²) in [6.45, 7) is 6.74. The van der Waals surface area contributed by atoms with E-state index in [0.29, 0.717) is 5.92 Å². The Hall–Kier alpha value is -1.06. The van der Waals surface area contributed by atoms with Crippen molar-refractivity contribution in [2.45, 2.75) is 38.6 Å². The lowest BCUT2D eigenvalue weighted by Gasteiger charge is -2.24. The van der Waals surface area contributed by atoms with Crippen LogP contribution in [0.4, 0.5) is 5.69 Å². The molecule has 1 fully saturated rings. The maximum absolute atomic E-state index is 9.16. The molecule has 1 aromatic rings. The van der Waals surface area contributed by atoms with Crippen molar-refractivity contribution in [2.75, 3.05) is 24.6 Å². The maximum atomic E-state index is 9.16. The highest BCUT2D eigenvalue weighted by molar-refractivity contribution is 5.57. The standard InChI is InChI=1S/C15H24N2O/c1-11(2)13-9-12(14(16)10-18)5-6-15(13)17-7-3-4-8-17/h5-6,9,11,14,18H,3-4,7-8,10,16H2,1-2H3/t14-/m1/s1. The Balaban J connectivity index is 2.34. The van der Waals surface area contributed by atoms with Gasteiger partial charge in [-0.3, -0.25) is 0 Å². The van der Waals surface area contributed by atoms with Crippen LogP contribution in [0.25, 0.3) is 0 Å². The summed E-state index contributed by atoms with van der Waals surface area (Å²) in [7, 11) is 0. The second kappa shape index (κ2) is 5.72. The zero-order valence-corrected chi connectivity index (χ0v) is 11.4. The van der Waals surface area contributed by atoms with Gasteiger partial charge in [0.1, 0.15) is 0 Å². The molecule has 1 aromatic carbocycles. The van der Waals surface area contributed by atoms with Gasteiger partial charge in [0.2, 0.25) is 0 Å². The first-order chi connectivity index (χ1) is 8.63. The van der Waals surface area contributed by atoms with E-state index in [-0.39, 0.29) is 12.6 Å². The number of rotatable bonds is 4. The molecule has 1 heterocycles. The van der Waals surface area contributed by atoms with Gasteiger partial charge in [-0.15, -0.1) is 0 Å². The van der Waals surface area contributed by atoms with Crippen LogP contribution in [0.3, 0.4) is 0 Å². The van der Waals surface area contributed by atoms with Crippen molar-refractivity contribution in [3.63, 3.8) is 0 Å². The van der Waals surface area contributed by atoms with E-state index in [2.05, 4.69) is 36.9 Å². The monoisotopic (exact) mass is 248 g/mol. The van der Waals surface area contributed by atoms with Gasteiger partial charge in [-0.2, -0.15) is 0 Å². The van der Waals surface area contributed by atoms with Gasteiger partial charge < -0.3 is 15.7 Å². The number of nitrogens with two attached hydrogens (primary N) is 1. The van der Waals surface area contributed by atoms with E-state index in [1.807, 2.05) is 0 Å². The van der Waals surface area contributed by atoms with Crippen molar-refractivity contribution in [3.8, 4) is 0 Å². The molecule has 0 unspecified atom stereocenters. The molecule has 1 saturated heterocycles. The molecule has 3 N–H and O–H groups in total. The third-order valence-corrected chi connectivity index (χ3v) is 3.75. The predicted molar refractivity (Wildman–Crippen MR) is 76.0 cm³/mol. The molecule has 3 heteroatoms. The Morgan fingerprint density at radius 3 is 2.50 bits per heavy atom. The Morgan fingerprint density at radius 2 is 1.94 bits per heavy atom. The maximum Gasteiger partial charge on any atom is 0.0624 e. The molecule has 0 aliphatic carbocycles. The highest BCUT2D eigenvalue weighted by atomic mass is 16.3. The highest BCUT2D eigenvalue weighted by Gasteiger charge is 2.18. The molecule has 3 nitrogen and oxygen atoms in total. The van der Waals surface area contributed by atoms with Gasteiger partial charge in [-0.05, 0) is 36.0 Å². The predicted octanol–water partition coefficient (Wildman–Crippen LogP) is 2.40. The number of benzene rings is 1. The zero-order valence-electron chi connectivity index (χ0n) is 11.4. The molecule has 1 aliphatic rings. The smallest absolute Gasteiger partial charge is 0.0624 e. The fraction of sp³-hybridized carbons (Fsp3) is 0.600. The minimum Gasteiger partial charge on any atom is -0.394 e. The van der Waals surface area contributed by atoms with Crippen molar-refractivity contribution >= 4 is 5.69 Å². The Labute approximate surface area is 110 Å². The Kier molecular flexibility index (Phi) is 4.25. The molecule has 18 heavy (non-hydrogen) atoms. The van der Waals surface area contributed by atoms with Gasteiger partial charge in [-0.25, -0.2) is 0 Å². The largest absolute Gasteiger partial charge is 0.394 e. The molecule has 100 valence electrons. The third-order valence-electron chi connectivity index (χ3n) is 3.75. The van der Waals surface area contributed by atoms with Gasteiger partial charge in [-0.1, -0.05) is 26.0 Å². The van der Waals surface area contributed by atoms with E-state index in [4.69, 9.17) is 10.8 Å². The van der Waals surface area contributed by atoms with Crippen molar-refractivity contribution in [2.24, 2.45) is 5.73 Å². The second-order valence-corrected chi connectivity index (χ2v) is 5.46. The summed E-state index contributed by atoms with van der Waals surface area (Å²) in [5.41, 5.74) is 9.62. The summed E-state index contributed by atoms with van der Waals surface area (Å²) in [5.74, 6) is 0.478. The minimum atomic E-state index is -0.268. The zero-order chi connectivity index (χ0) is 13.1. The van der Waals surface area contributed by atoms with Crippen LogP contribution in [-0.4, -0.2) is 24.8 Å². The van der Waals surface area contributed by atoms with E-state index in [1.54, 1.807) is 0 Å². The summed E-state index contributed by atoms with van der Waals surface area (Å²) in [6.07, 6.45) is 2.57. The van der Waals surface area contributed by atoms with Crippen LogP contribution in [0.5, 0.6) is 0 Å². The number of anilines is 1. The molecule has 1 atom stereocenters. The molecule has 2 rings (SSSR count). The number of hydrogen-bond donors (Lipinski definition) is 2. The third kappa shape index (κ3) is 2.68.